The highest BCUT2D eigenvalue weighted by molar-refractivity contribution is 7.99. The molecule has 28 heavy (non-hydrogen) atoms. The lowest BCUT2D eigenvalue weighted by atomic mass is 10.1. The van der Waals surface area contributed by atoms with Crippen molar-refractivity contribution in [3.63, 3.8) is 0 Å². The highest BCUT2D eigenvalue weighted by Gasteiger charge is 2.11. The highest BCUT2D eigenvalue weighted by atomic mass is 32.2. The van der Waals surface area contributed by atoms with E-state index in [4.69, 9.17) is 5.14 Å². The number of aromatic amines is 1. The summed E-state index contributed by atoms with van der Waals surface area (Å²) < 4.78 is 22.5. The third-order valence-electron chi connectivity index (χ3n) is 3.90. The standard InChI is InChI=1S/C18H19N5O3S2/c1-2-12-3-5-13(6-4-12)17-21-18(23-22-17)27-11-16(24)20-14-7-9-15(10-8-14)28(19,25)26/h3-10H,2,11H2,1H3,(H,20,24)(H2,19,25,26)(H,21,22,23). The lowest BCUT2D eigenvalue weighted by molar-refractivity contribution is -0.113. The Labute approximate surface area is 167 Å². The number of nitrogens with zero attached hydrogens (tertiary/aromatic N) is 2. The van der Waals surface area contributed by atoms with Gasteiger partial charge in [0, 0.05) is 11.3 Å². The van der Waals surface area contributed by atoms with Crippen molar-refractivity contribution in [2.45, 2.75) is 23.4 Å². The molecule has 0 aliphatic heterocycles. The molecule has 0 aliphatic rings. The van der Waals surface area contributed by atoms with E-state index in [2.05, 4.69) is 27.4 Å². The minimum atomic E-state index is -3.76. The summed E-state index contributed by atoms with van der Waals surface area (Å²) in [5, 5.41) is 15.2. The van der Waals surface area contributed by atoms with E-state index in [1.807, 2.05) is 24.3 Å². The minimum Gasteiger partial charge on any atom is -0.325 e. The third kappa shape index (κ3) is 5.18. The van der Waals surface area contributed by atoms with Gasteiger partial charge in [0.1, 0.15) is 0 Å². The molecular formula is C18H19N5O3S2. The van der Waals surface area contributed by atoms with Gasteiger partial charge in [-0.15, -0.1) is 5.10 Å². The molecule has 3 rings (SSSR count). The van der Waals surface area contributed by atoms with Gasteiger partial charge in [0.2, 0.25) is 21.1 Å². The van der Waals surface area contributed by atoms with E-state index in [1.54, 1.807) is 0 Å². The van der Waals surface area contributed by atoms with Crippen LogP contribution in [0.4, 0.5) is 5.69 Å². The van der Waals surface area contributed by atoms with E-state index in [1.165, 1.54) is 41.6 Å². The first kappa shape index (κ1) is 20.1. The zero-order valence-corrected chi connectivity index (χ0v) is 16.7. The van der Waals surface area contributed by atoms with Crippen LogP contribution in [-0.4, -0.2) is 35.3 Å². The molecular weight excluding hydrogens is 398 g/mol. The topological polar surface area (TPSA) is 131 Å². The van der Waals surface area contributed by atoms with Crippen LogP contribution in [0, 0.1) is 0 Å². The number of hydrogen-bond acceptors (Lipinski definition) is 6. The maximum Gasteiger partial charge on any atom is 0.238 e. The fourth-order valence-corrected chi connectivity index (χ4v) is 3.51. The molecule has 0 aliphatic carbocycles. The predicted molar refractivity (Wildman–Crippen MR) is 108 cm³/mol. The summed E-state index contributed by atoms with van der Waals surface area (Å²) in [6.45, 7) is 2.09. The molecule has 3 aromatic rings. The van der Waals surface area contributed by atoms with Crippen molar-refractivity contribution in [2.75, 3.05) is 11.1 Å². The fourth-order valence-electron chi connectivity index (χ4n) is 2.39. The number of nitrogens with two attached hydrogens (primary N) is 1. The Morgan fingerprint density at radius 1 is 1.14 bits per heavy atom. The Morgan fingerprint density at radius 3 is 2.43 bits per heavy atom. The SMILES string of the molecule is CCc1ccc(-c2nc(SCC(=O)Nc3ccc(S(N)(=O)=O)cc3)n[nH]2)cc1. The Balaban J connectivity index is 1.55. The number of rotatable bonds is 7. The van der Waals surface area contributed by atoms with Crippen molar-refractivity contribution < 1.29 is 13.2 Å². The quantitative estimate of drug-likeness (QED) is 0.506. The number of nitrogens with one attached hydrogen (secondary N) is 2. The molecule has 146 valence electrons. The van der Waals surface area contributed by atoms with E-state index < -0.39 is 10.0 Å². The largest absolute Gasteiger partial charge is 0.325 e. The van der Waals surface area contributed by atoms with Crippen LogP contribution in [-0.2, 0) is 21.2 Å². The van der Waals surface area contributed by atoms with Crippen molar-refractivity contribution >= 4 is 33.4 Å². The third-order valence-corrected chi connectivity index (χ3v) is 5.68. The second-order valence-corrected chi connectivity index (χ2v) is 8.43. The van der Waals surface area contributed by atoms with Gasteiger partial charge in [0.25, 0.3) is 0 Å². The van der Waals surface area contributed by atoms with E-state index >= 15 is 0 Å². The number of aryl methyl sites for hydroxylation is 1. The van der Waals surface area contributed by atoms with Crippen LogP contribution in [0.5, 0.6) is 0 Å². The molecule has 1 amide bonds. The number of carbonyl (C=O) groups is 1. The predicted octanol–water partition coefficient (Wildman–Crippen LogP) is 2.41. The van der Waals surface area contributed by atoms with Crippen molar-refractivity contribution in [3.8, 4) is 11.4 Å². The Kier molecular flexibility index (Phi) is 6.12. The zero-order chi connectivity index (χ0) is 20.1. The molecule has 10 heteroatoms. The molecule has 0 spiro atoms. The van der Waals surface area contributed by atoms with Crippen molar-refractivity contribution in [2.24, 2.45) is 5.14 Å². The molecule has 4 N–H and O–H groups in total. The van der Waals surface area contributed by atoms with Gasteiger partial charge in [0.05, 0.1) is 10.6 Å². The molecule has 0 saturated carbocycles. The maximum absolute atomic E-state index is 12.1. The second-order valence-electron chi connectivity index (χ2n) is 5.92. The number of thioether (sulfide) groups is 1. The molecule has 0 unspecified atom stereocenters. The van der Waals surface area contributed by atoms with Gasteiger partial charge in [-0.3, -0.25) is 9.89 Å². The Morgan fingerprint density at radius 2 is 1.82 bits per heavy atom. The normalized spacial score (nSPS) is 11.4. The average Bonchev–Trinajstić information content (AvgIpc) is 3.15. The van der Waals surface area contributed by atoms with Crippen LogP contribution < -0.4 is 10.5 Å². The van der Waals surface area contributed by atoms with Gasteiger partial charge < -0.3 is 5.32 Å². The van der Waals surface area contributed by atoms with E-state index in [9.17, 15) is 13.2 Å². The number of anilines is 1. The lowest BCUT2D eigenvalue weighted by Crippen LogP contribution is -2.15. The Bertz CT molecular complexity index is 1060. The van der Waals surface area contributed by atoms with Gasteiger partial charge in [-0.2, -0.15) is 0 Å². The first-order valence-electron chi connectivity index (χ1n) is 8.42. The number of carbonyl (C=O) groups excluding carboxylic acids is 1. The molecule has 1 heterocycles. The van der Waals surface area contributed by atoms with Gasteiger partial charge >= 0.3 is 0 Å². The van der Waals surface area contributed by atoms with Gasteiger partial charge in [-0.25, -0.2) is 18.5 Å². The summed E-state index contributed by atoms with van der Waals surface area (Å²) in [7, 11) is -3.76. The molecule has 0 bridgehead atoms. The molecule has 8 nitrogen and oxygen atoms in total. The Hall–Kier alpha value is -2.69. The van der Waals surface area contributed by atoms with Crippen LogP contribution in [0.25, 0.3) is 11.4 Å². The van der Waals surface area contributed by atoms with Crippen molar-refractivity contribution in [1.82, 2.24) is 15.2 Å². The van der Waals surface area contributed by atoms with Gasteiger partial charge in [-0.1, -0.05) is 43.0 Å². The lowest BCUT2D eigenvalue weighted by Gasteiger charge is -2.05. The zero-order valence-electron chi connectivity index (χ0n) is 15.0. The molecule has 2 aromatic carbocycles. The molecule has 0 radical (unpaired) electrons. The van der Waals surface area contributed by atoms with Gasteiger partial charge in [-0.05, 0) is 36.2 Å². The first-order valence-corrected chi connectivity index (χ1v) is 11.0. The molecule has 0 saturated heterocycles. The van der Waals surface area contributed by atoms with Crippen LogP contribution in [0.1, 0.15) is 12.5 Å². The minimum absolute atomic E-state index is 0.0138. The van der Waals surface area contributed by atoms with Crippen LogP contribution in [0.3, 0.4) is 0 Å². The van der Waals surface area contributed by atoms with Crippen LogP contribution in [0.15, 0.2) is 58.6 Å². The number of hydrogen-bond donors (Lipinski definition) is 3. The monoisotopic (exact) mass is 417 g/mol. The summed E-state index contributed by atoms with van der Waals surface area (Å²) in [6, 6.07) is 13.7. The van der Waals surface area contributed by atoms with Gasteiger partial charge in [0.15, 0.2) is 5.82 Å². The highest BCUT2D eigenvalue weighted by Crippen LogP contribution is 2.20. The second kappa shape index (κ2) is 8.55. The maximum atomic E-state index is 12.1. The number of benzene rings is 2. The van der Waals surface area contributed by atoms with Crippen LogP contribution in [0.2, 0.25) is 0 Å². The van der Waals surface area contributed by atoms with E-state index in [0.29, 0.717) is 16.7 Å². The van der Waals surface area contributed by atoms with Crippen LogP contribution >= 0.6 is 11.8 Å². The summed E-state index contributed by atoms with van der Waals surface area (Å²) in [4.78, 5) is 16.4. The fraction of sp³-hybridized carbons (Fsp3) is 0.167. The summed E-state index contributed by atoms with van der Waals surface area (Å²) >= 11 is 1.20. The number of H-pyrrole nitrogens is 1. The smallest absolute Gasteiger partial charge is 0.238 e. The number of sulfonamides is 1. The average molecular weight is 418 g/mol. The molecule has 0 fully saturated rings. The van der Waals surface area contributed by atoms with E-state index in [0.717, 1.165) is 12.0 Å². The number of primary sulfonamides is 1. The van der Waals surface area contributed by atoms with E-state index in [-0.39, 0.29) is 16.6 Å². The summed E-state index contributed by atoms with van der Waals surface area (Å²) in [5.41, 5.74) is 2.65. The van der Waals surface area contributed by atoms with Crippen molar-refractivity contribution in [1.29, 1.82) is 0 Å². The molecule has 1 aromatic heterocycles. The molecule has 0 atom stereocenters. The number of aromatic nitrogens is 3. The summed E-state index contributed by atoms with van der Waals surface area (Å²) in [5.74, 6) is 0.499. The first-order chi connectivity index (χ1) is 13.3. The summed E-state index contributed by atoms with van der Waals surface area (Å²) in [6.07, 6.45) is 0.970. The number of amides is 1. The van der Waals surface area contributed by atoms with Crippen molar-refractivity contribution in [3.05, 3.63) is 54.1 Å².